The van der Waals surface area contributed by atoms with Gasteiger partial charge in [0, 0.05) is 5.54 Å². The predicted octanol–water partition coefficient (Wildman–Crippen LogP) is 3.77. The Balaban J connectivity index is 1.92. The van der Waals surface area contributed by atoms with Gasteiger partial charge in [-0.15, -0.1) is 0 Å². The maximum absolute atomic E-state index is 3.98. The molecule has 3 aliphatic rings. The summed E-state index contributed by atoms with van der Waals surface area (Å²) in [6, 6.07) is 9.23. The molecule has 0 radical (unpaired) electrons. The van der Waals surface area contributed by atoms with Gasteiger partial charge in [0.25, 0.3) is 0 Å². The van der Waals surface area contributed by atoms with Crippen molar-refractivity contribution in [3.8, 4) is 0 Å². The van der Waals surface area contributed by atoms with Gasteiger partial charge in [0.15, 0.2) is 0 Å². The van der Waals surface area contributed by atoms with Crippen LogP contribution in [0.5, 0.6) is 0 Å². The Bertz CT molecular complexity index is 450. The van der Waals surface area contributed by atoms with Crippen LogP contribution in [0.4, 0.5) is 0 Å². The number of nitrogens with one attached hydrogen (secondary N) is 1. The van der Waals surface area contributed by atoms with Crippen LogP contribution in [-0.4, -0.2) is 6.54 Å². The molecule has 96 valence electrons. The van der Waals surface area contributed by atoms with E-state index in [1.807, 2.05) is 0 Å². The molecule has 0 amide bonds. The Labute approximate surface area is 110 Å². The average Bonchev–Trinajstić information content (AvgIpc) is 2.46. The Hall–Kier alpha value is -0.820. The van der Waals surface area contributed by atoms with Crippen molar-refractivity contribution in [2.75, 3.05) is 6.54 Å². The third-order valence-corrected chi connectivity index (χ3v) is 5.97. The monoisotopic (exact) mass is 241 g/mol. The van der Waals surface area contributed by atoms with Crippen molar-refractivity contribution in [2.24, 2.45) is 5.41 Å². The minimum Gasteiger partial charge on any atom is -0.307 e. The fourth-order valence-corrected chi connectivity index (χ4v) is 5.18. The SMILES string of the molecule is c1ccc2c(c1)CCC13CCCCC21NCCC3. The van der Waals surface area contributed by atoms with E-state index in [-0.39, 0.29) is 0 Å². The highest BCUT2D eigenvalue weighted by Crippen LogP contribution is 2.60. The van der Waals surface area contributed by atoms with Crippen molar-refractivity contribution >= 4 is 0 Å². The molecular weight excluding hydrogens is 218 g/mol. The maximum Gasteiger partial charge on any atom is 0.0494 e. The molecule has 0 aromatic heterocycles. The standard InChI is InChI=1S/C17H23N/c1-2-7-15-14(6-1)8-12-16-9-3-4-11-17(15,16)18-13-5-10-16/h1-2,6-7,18H,3-5,8-13H2. The molecule has 2 unspecified atom stereocenters. The highest BCUT2D eigenvalue weighted by molar-refractivity contribution is 5.40. The minimum absolute atomic E-state index is 0.332. The van der Waals surface area contributed by atoms with Crippen LogP contribution < -0.4 is 5.32 Å². The van der Waals surface area contributed by atoms with Gasteiger partial charge in [-0.05, 0) is 61.6 Å². The van der Waals surface area contributed by atoms with Gasteiger partial charge >= 0.3 is 0 Å². The third-order valence-electron chi connectivity index (χ3n) is 5.97. The van der Waals surface area contributed by atoms with Crippen LogP contribution in [0.15, 0.2) is 24.3 Å². The molecule has 1 saturated carbocycles. The smallest absolute Gasteiger partial charge is 0.0494 e. The lowest BCUT2D eigenvalue weighted by atomic mass is 9.50. The molecule has 1 saturated heterocycles. The van der Waals surface area contributed by atoms with E-state index >= 15 is 0 Å². The largest absolute Gasteiger partial charge is 0.307 e. The van der Waals surface area contributed by atoms with E-state index in [1.165, 1.54) is 57.9 Å². The number of piperidine rings is 1. The third kappa shape index (κ3) is 1.26. The van der Waals surface area contributed by atoms with Crippen molar-refractivity contribution in [1.82, 2.24) is 5.32 Å². The lowest BCUT2D eigenvalue weighted by molar-refractivity contribution is -0.0249. The molecule has 4 rings (SSSR count). The molecule has 0 bridgehead atoms. The van der Waals surface area contributed by atoms with E-state index in [9.17, 15) is 0 Å². The van der Waals surface area contributed by atoms with Crippen molar-refractivity contribution in [1.29, 1.82) is 0 Å². The zero-order chi connectivity index (χ0) is 12.1. The Morgan fingerprint density at radius 3 is 2.72 bits per heavy atom. The van der Waals surface area contributed by atoms with Crippen LogP contribution in [0, 0.1) is 5.41 Å². The summed E-state index contributed by atoms with van der Waals surface area (Å²) in [5.74, 6) is 0. The van der Waals surface area contributed by atoms with Crippen molar-refractivity contribution in [2.45, 2.75) is 56.9 Å². The lowest BCUT2D eigenvalue weighted by Gasteiger charge is -2.60. The first-order valence-corrected chi connectivity index (χ1v) is 7.70. The van der Waals surface area contributed by atoms with E-state index < -0.39 is 0 Å². The van der Waals surface area contributed by atoms with E-state index in [2.05, 4.69) is 29.6 Å². The molecule has 1 aliphatic heterocycles. The number of hydrogen-bond donors (Lipinski definition) is 1. The van der Waals surface area contributed by atoms with Gasteiger partial charge in [-0.3, -0.25) is 0 Å². The average molecular weight is 241 g/mol. The van der Waals surface area contributed by atoms with E-state index in [1.54, 1.807) is 11.1 Å². The van der Waals surface area contributed by atoms with Crippen LogP contribution in [0.25, 0.3) is 0 Å². The van der Waals surface area contributed by atoms with Crippen molar-refractivity contribution < 1.29 is 0 Å². The highest BCUT2D eigenvalue weighted by Gasteiger charge is 2.56. The Morgan fingerprint density at radius 1 is 0.889 bits per heavy atom. The summed E-state index contributed by atoms with van der Waals surface area (Å²) in [7, 11) is 0. The van der Waals surface area contributed by atoms with Gasteiger partial charge in [0.2, 0.25) is 0 Å². The van der Waals surface area contributed by atoms with Crippen molar-refractivity contribution in [3.05, 3.63) is 35.4 Å². The maximum atomic E-state index is 3.98. The summed E-state index contributed by atoms with van der Waals surface area (Å²) < 4.78 is 0. The quantitative estimate of drug-likeness (QED) is 0.729. The van der Waals surface area contributed by atoms with Crippen LogP contribution in [0.3, 0.4) is 0 Å². The number of aryl methyl sites for hydroxylation is 1. The second kappa shape index (κ2) is 3.84. The molecule has 2 aliphatic carbocycles. The molecular formula is C17H23N. The van der Waals surface area contributed by atoms with Gasteiger partial charge in [0.05, 0.1) is 0 Å². The van der Waals surface area contributed by atoms with E-state index in [0.717, 1.165) is 0 Å². The molecule has 1 heterocycles. The van der Waals surface area contributed by atoms with Crippen molar-refractivity contribution in [3.63, 3.8) is 0 Å². The highest BCUT2D eigenvalue weighted by atomic mass is 15.0. The molecule has 1 heteroatoms. The summed E-state index contributed by atoms with van der Waals surface area (Å²) in [6.07, 6.45) is 11.2. The molecule has 18 heavy (non-hydrogen) atoms. The zero-order valence-corrected chi connectivity index (χ0v) is 11.2. The summed E-state index contributed by atoms with van der Waals surface area (Å²) in [5.41, 5.74) is 4.18. The van der Waals surface area contributed by atoms with E-state index in [4.69, 9.17) is 0 Å². The first kappa shape index (κ1) is 11.0. The summed E-state index contributed by atoms with van der Waals surface area (Å²) in [4.78, 5) is 0. The van der Waals surface area contributed by atoms with Gasteiger partial charge in [-0.25, -0.2) is 0 Å². The fourth-order valence-electron chi connectivity index (χ4n) is 5.18. The number of benzene rings is 1. The van der Waals surface area contributed by atoms with Crippen LogP contribution >= 0.6 is 0 Å². The molecule has 2 fully saturated rings. The summed E-state index contributed by atoms with van der Waals surface area (Å²) in [6.45, 7) is 1.22. The molecule has 1 N–H and O–H groups in total. The predicted molar refractivity (Wildman–Crippen MR) is 74.6 cm³/mol. The topological polar surface area (TPSA) is 12.0 Å². The van der Waals surface area contributed by atoms with Gasteiger partial charge < -0.3 is 5.32 Å². The minimum atomic E-state index is 0.332. The molecule has 0 spiro atoms. The molecule has 1 aromatic rings. The number of fused-ring (bicyclic) bond motifs is 1. The lowest BCUT2D eigenvalue weighted by Crippen LogP contribution is -2.62. The summed E-state index contributed by atoms with van der Waals surface area (Å²) in [5, 5.41) is 3.98. The molecule has 1 aromatic carbocycles. The first-order chi connectivity index (χ1) is 8.86. The normalized spacial score (nSPS) is 38.4. The molecule has 1 nitrogen and oxygen atoms in total. The van der Waals surface area contributed by atoms with Gasteiger partial charge in [-0.1, -0.05) is 37.1 Å². The van der Waals surface area contributed by atoms with Gasteiger partial charge in [-0.2, -0.15) is 0 Å². The fraction of sp³-hybridized carbons (Fsp3) is 0.647. The van der Waals surface area contributed by atoms with Gasteiger partial charge in [0.1, 0.15) is 0 Å². The second-order valence-corrected chi connectivity index (χ2v) is 6.58. The number of hydrogen-bond acceptors (Lipinski definition) is 1. The Morgan fingerprint density at radius 2 is 1.72 bits per heavy atom. The first-order valence-electron chi connectivity index (χ1n) is 7.70. The van der Waals surface area contributed by atoms with Crippen LogP contribution in [-0.2, 0) is 12.0 Å². The zero-order valence-electron chi connectivity index (χ0n) is 11.2. The van der Waals surface area contributed by atoms with Crippen LogP contribution in [0.2, 0.25) is 0 Å². The number of rotatable bonds is 0. The second-order valence-electron chi connectivity index (χ2n) is 6.58. The Kier molecular flexibility index (Phi) is 2.35. The van der Waals surface area contributed by atoms with E-state index in [0.29, 0.717) is 11.0 Å². The van der Waals surface area contributed by atoms with Crippen LogP contribution in [0.1, 0.15) is 56.1 Å². The molecule has 2 atom stereocenters. The summed E-state index contributed by atoms with van der Waals surface area (Å²) >= 11 is 0.